The predicted octanol–water partition coefficient (Wildman–Crippen LogP) is 3.05. The third kappa shape index (κ3) is 2.44. The minimum Gasteiger partial charge on any atom is -0.388 e. The molecule has 0 spiro atoms. The van der Waals surface area contributed by atoms with Gasteiger partial charge in [0.05, 0.1) is 12.7 Å². The number of aliphatic hydroxyl groups excluding tert-OH is 1. The number of hydrogen-bond acceptors (Lipinski definition) is 2. The van der Waals surface area contributed by atoms with E-state index in [9.17, 15) is 9.50 Å². The van der Waals surface area contributed by atoms with Crippen molar-refractivity contribution in [3.8, 4) is 0 Å². The van der Waals surface area contributed by atoms with E-state index in [0.29, 0.717) is 16.6 Å². The first-order valence-corrected chi connectivity index (χ1v) is 6.19. The lowest BCUT2D eigenvalue weighted by Crippen LogP contribution is -2.24. The van der Waals surface area contributed by atoms with Crippen molar-refractivity contribution in [3.63, 3.8) is 0 Å². The molecule has 1 aromatic rings. The number of hydrogen-bond donors (Lipinski definition) is 1. The lowest BCUT2D eigenvalue weighted by Gasteiger charge is -2.27. The van der Waals surface area contributed by atoms with Gasteiger partial charge in [-0.05, 0) is 25.0 Å². The zero-order valence-corrected chi connectivity index (χ0v) is 10.4. The molecule has 0 amide bonds. The minimum absolute atomic E-state index is 0.0121. The first-order valence-electron chi connectivity index (χ1n) is 5.40. The predicted molar refractivity (Wildman–Crippen MR) is 62.6 cm³/mol. The van der Waals surface area contributed by atoms with Crippen LogP contribution in [0.4, 0.5) is 4.39 Å². The molecule has 0 aromatic heterocycles. The van der Waals surface area contributed by atoms with Crippen LogP contribution in [-0.4, -0.2) is 18.3 Å². The molecule has 0 aliphatic carbocycles. The number of benzene rings is 1. The Labute approximate surface area is 103 Å². The van der Waals surface area contributed by atoms with Gasteiger partial charge in [-0.25, -0.2) is 4.39 Å². The summed E-state index contributed by atoms with van der Waals surface area (Å²) in [4.78, 5) is 0. The zero-order chi connectivity index (χ0) is 11.5. The van der Waals surface area contributed by atoms with E-state index in [2.05, 4.69) is 15.9 Å². The Morgan fingerprint density at radius 3 is 2.94 bits per heavy atom. The quantitative estimate of drug-likeness (QED) is 0.906. The highest BCUT2D eigenvalue weighted by molar-refractivity contribution is 9.10. The second-order valence-electron chi connectivity index (χ2n) is 4.06. The maximum atomic E-state index is 13.6. The van der Waals surface area contributed by atoms with Crippen LogP contribution in [0.15, 0.2) is 22.7 Å². The summed E-state index contributed by atoms with van der Waals surface area (Å²) in [6.45, 7) is 1.24. The number of aliphatic hydroxyl groups is 1. The highest BCUT2D eigenvalue weighted by Crippen LogP contribution is 2.34. The van der Waals surface area contributed by atoms with E-state index in [1.165, 1.54) is 6.07 Å². The normalized spacial score (nSPS) is 23.1. The van der Waals surface area contributed by atoms with Crippen LogP contribution in [0.1, 0.15) is 24.5 Å². The second kappa shape index (κ2) is 5.25. The van der Waals surface area contributed by atoms with Gasteiger partial charge in [-0.3, -0.25) is 0 Å². The van der Waals surface area contributed by atoms with Crippen LogP contribution in [0, 0.1) is 11.7 Å². The summed E-state index contributed by atoms with van der Waals surface area (Å²) >= 11 is 3.27. The zero-order valence-electron chi connectivity index (χ0n) is 8.83. The van der Waals surface area contributed by atoms with Gasteiger partial charge in [-0.15, -0.1) is 0 Å². The van der Waals surface area contributed by atoms with Crippen molar-refractivity contribution in [2.24, 2.45) is 5.92 Å². The second-order valence-corrected chi connectivity index (χ2v) is 4.91. The summed E-state index contributed by atoms with van der Waals surface area (Å²) in [6.07, 6.45) is 1.01. The Morgan fingerprint density at radius 2 is 2.31 bits per heavy atom. The Balaban J connectivity index is 2.22. The van der Waals surface area contributed by atoms with Crippen molar-refractivity contribution in [1.29, 1.82) is 0 Å². The van der Waals surface area contributed by atoms with Crippen molar-refractivity contribution in [3.05, 3.63) is 34.1 Å². The molecule has 1 aromatic carbocycles. The molecule has 0 bridgehead atoms. The topological polar surface area (TPSA) is 29.5 Å². The van der Waals surface area contributed by atoms with E-state index in [0.717, 1.165) is 19.4 Å². The number of halogens is 2. The van der Waals surface area contributed by atoms with E-state index in [4.69, 9.17) is 4.74 Å². The maximum absolute atomic E-state index is 13.6. The molecule has 0 saturated carbocycles. The van der Waals surface area contributed by atoms with E-state index in [-0.39, 0.29) is 11.7 Å². The third-order valence-corrected chi connectivity index (χ3v) is 3.63. The lowest BCUT2D eigenvalue weighted by molar-refractivity contribution is -0.0114. The Morgan fingerprint density at radius 1 is 1.50 bits per heavy atom. The van der Waals surface area contributed by atoms with Crippen LogP contribution in [0.5, 0.6) is 0 Å². The van der Waals surface area contributed by atoms with Crippen molar-refractivity contribution in [2.75, 3.05) is 13.2 Å². The molecule has 1 aliphatic rings. The molecule has 1 fully saturated rings. The summed E-state index contributed by atoms with van der Waals surface area (Å²) in [5.74, 6) is -0.380. The Hall–Kier alpha value is -0.450. The van der Waals surface area contributed by atoms with Crippen molar-refractivity contribution >= 4 is 15.9 Å². The van der Waals surface area contributed by atoms with Gasteiger partial charge in [0.2, 0.25) is 0 Å². The fourth-order valence-electron chi connectivity index (χ4n) is 2.04. The van der Waals surface area contributed by atoms with Gasteiger partial charge in [0.15, 0.2) is 0 Å². The highest BCUT2D eigenvalue weighted by atomic mass is 79.9. The largest absolute Gasteiger partial charge is 0.388 e. The van der Waals surface area contributed by atoms with Crippen molar-refractivity contribution in [1.82, 2.24) is 0 Å². The fraction of sp³-hybridized carbons (Fsp3) is 0.500. The molecule has 16 heavy (non-hydrogen) atoms. The lowest BCUT2D eigenvalue weighted by atomic mass is 9.91. The molecule has 2 atom stereocenters. The van der Waals surface area contributed by atoms with Gasteiger partial charge in [-0.1, -0.05) is 22.0 Å². The van der Waals surface area contributed by atoms with E-state index < -0.39 is 6.10 Å². The third-order valence-electron chi connectivity index (χ3n) is 2.94. The summed E-state index contributed by atoms with van der Waals surface area (Å²) in [6, 6.07) is 4.73. The first-order chi connectivity index (χ1) is 7.70. The van der Waals surface area contributed by atoms with Gasteiger partial charge in [0.1, 0.15) is 5.82 Å². The number of rotatable bonds is 2. The molecular formula is C12H14BrFO2. The molecule has 1 N–H and O–H groups in total. The summed E-state index contributed by atoms with van der Waals surface area (Å²) in [7, 11) is 0. The molecule has 0 radical (unpaired) electrons. The van der Waals surface area contributed by atoms with Crippen molar-refractivity contribution < 1.29 is 14.2 Å². The first kappa shape index (κ1) is 12.0. The smallest absolute Gasteiger partial charge is 0.130 e. The van der Waals surface area contributed by atoms with Crippen LogP contribution in [0.3, 0.4) is 0 Å². The summed E-state index contributed by atoms with van der Waals surface area (Å²) in [5, 5.41) is 10.2. The van der Waals surface area contributed by atoms with Gasteiger partial charge in [0, 0.05) is 22.6 Å². The monoisotopic (exact) mass is 288 g/mol. The molecule has 4 heteroatoms. The van der Waals surface area contributed by atoms with E-state index >= 15 is 0 Å². The summed E-state index contributed by atoms with van der Waals surface area (Å²) in [5.41, 5.74) is 0.345. The molecular weight excluding hydrogens is 275 g/mol. The molecule has 88 valence electrons. The van der Waals surface area contributed by atoms with Crippen LogP contribution in [0.25, 0.3) is 0 Å². The van der Waals surface area contributed by atoms with Crippen LogP contribution in [0.2, 0.25) is 0 Å². The van der Waals surface area contributed by atoms with Crippen LogP contribution in [-0.2, 0) is 4.74 Å². The van der Waals surface area contributed by atoms with Crippen LogP contribution < -0.4 is 0 Å². The summed E-state index contributed by atoms with van der Waals surface area (Å²) < 4.78 is 19.5. The SMILES string of the molecule is OC(c1c(F)cccc1Br)C1CCCOC1. The molecule has 2 rings (SSSR count). The van der Waals surface area contributed by atoms with Crippen molar-refractivity contribution in [2.45, 2.75) is 18.9 Å². The standard InChI is InChI=1S/C12H14BrFO2/c13-9-4-1-5-10(14)11(9)12(15)8-3-2-6-16-7-8/h1,4-5,8,12,15H,2-3,6-7H2. The number of ether oxygens (including phenoxy) is 1. The van der Waals surface area contributed by atoms with Gasteiger partial charge >= 0.3 is 0 Å². The average Bonchev–Trinajstić information content (AvgIpc) is 2.30. The average molecular weight is 289 g/mol. The minimum atomic E-state index is -0.795. The molecule has 2 unspecified atom stereocenters. The fourth-order valence-corrected chi connectivity index (χ4v) is 2.62. The molecule has 1 heterocycles. The molecule has 2 nitrogen and oxygen atoms in total. The van der Waals surface area contributed by atoms with Crippen LogP contribution >= 0.6 is 15.9 Å². The van der Waals surface area contributed by atoms with Gasteiger partial charge in [-0.2, -0.15) is 0 Å². The maximum Gasteiger partial charge on any atom is 0.130 e. The van der Waals surface area contributed by atoms with E-state index in [1.54, 1.807) is 12.1 Å². The highest BCUT2D eigenvalue weighted by Gasteiger charge is 2.27. The Bertz CT molecular complexity index is 344. The van der Waals surface area contributed by atoms with Gasteiger partial charge in [0.25, 0.3) is 0 Å². The molecule has 1 aliphatic heterocycles. The van der Waals surface area contributed by atoms with E-state index in [1.807, 2.05) is 0 Å². The Kier molecular flexibility index (Phi) is 3.95. The molecule has 1 saturated heterocycles. The van der Waals surface area contributed by atoms with Gasteiger partial charge < -0.3 is 9.84 Å².